The Hall–Kier alpha value is -1.59. The van der Waals surface area contributed by atoms with Crippen molar-refractivity contribution in [2.24, 2.45) is 5.92 Å². The number of rotatable bonds is 5. The van der Waals surface area contributed by atoms with Crippen LogP contribution in [-0.2, 0) is 9.59 Å². The lowest BCUT2D eigenvalue weighted by atomic mass is 10.0. The fourth-order valence-corrected chi connectivity index (χ4v) is 1.48. The predicted molar refractivity (Wildman–Crippen MR) is 51.1 cm³/mol. The molecule has 1 aliphatic rings. The molecule has 1 heterocycles. The maximum Gasteiger partial charge on any atom is 0.324 e. The molecule has 6 heteroatoms. The highest BCUT2D eigenvalue weighted by Gasteiger charge is 2.30. The number of carbonyl (C=O) groups excluding carboxylic acids is 2. The Balaban J connectivity index is 2.54. The number of amides is 3. The second kappa shape index (κ2) is 4.77. The van der Waals surface area contributed by atoms with Gasteiger partial charge in [0.1, 0.15) is 0 Å². The minimum Gasteiger partial charge on any atom is -0.481 e. The van der Waals surface area contributed by atoms with Gasteiger partial charge in [-0.1, -0.05) is 13.3 Å². The molecular weight excluding hydrogens is 200 g/mol. The van der Waals surface area contributed by atoms with Crippen LogP contribution in [0.5, 0.6) is 0 Å². The van der Waals surface area contributed by atoms with Crippen molar-refractivity contribution in [1.29, 1.82) is 0 Å². The molecule has 1 aliphatic heterocycles. The average Bonchev–Trinajstić information content (AvgIpc) is 2.47. The Morgan fingerprint density at radius 1 is 1.60 bits per heavy atom. The van der Waals surface area contributed by atoms with E-state index in [9.17, 15) is 14.4 Å². The van der Waals surface area contributed by atoms with Gasteiger partial charge in [-0.25, -0.2) is 4.79 Å². The van der Waals surface area contributed by atoms with E-state index in [2.05, 4.69) is 5.32 Å². The Labute approximate surface area is 87.2 Å². The van der Waals surface area contributed by atoms with E-state index in [1.54, 1.807) is 0 Å². The molecule has 0 bridgehead atoms. The summed E-state index contributed by atoms with van der Waals surface area (Å²) in [7, 11) is 0. The summed E-state index contributed by atoms with van der Waals surface area (Å²) in [6.45, 7) is 2.04. The van der Waals surface area contributed by atoms with E-state index in [1.807, 2.05) is 6.92 Å². The molecule has 3 amide bonds. The first-order chi connectivity index (χ1) is 7.04. The molecule has 1 unspecified atom stereocenters. The van der Waals surface area contributed by atoms with Crippen LogP contribution in [0.3, 0.4) is 0 Å². The Bertz CT molecular complexity index is 274. The zero-order valence-electron chi connectivity index (χ0n) is 8.52. The summed E-state index contributed by atoms with van der Waals surface area (Å²) >= 11 is 0. The van der Waals surface area contributed by atoms with Crippen LogP contribution >= 0.6 is 0 Å². The minimum atomic E-state index is -0.908. The molecule has 0 aliphatic carbocycles. The van der Waals surface area contributed by atoms with Gasteiger partial charge in [0.25, 0.3) is 0 Å². The lowest BCUT2D eigenvalue weighted by Crippen LogP contribution is -2.36. The lowest BCUT2D eigenvalue weighted by molar-refractivity contribution is -0.138. The third-order valence-corrected chi connectivity index (χ3v) is 2.42. The van der Waals surface area contributed by atoms with Crippen molar-refractivity contribution in [2.45, 2.75) is 19.8 Å². The molecular formula is C9H14N2O4. The van der Waals surface area contributed by atoms with Gasteiger partial charge < -0.3 is 10.4 Å². The van der Waals surface area contributed by atoms with Gasteiger partial charge in [0.2, 0.25) is 5.91 Å². The summed E-state index contributed by atoms with van der Waals surface area (Å²) in [5, 5.41) is 11.0. The molecule has 1 saturated heterocycles. The molecule has 6 nitrogen and oxygen atoms in total. The van der Waals surface area contributed by atoms with Crippen LogP contribution in [0.25, 0.3) is 0 Å². The van der Waals surface area contributed by atoms with Gasteiger partial charge in [-0.05, 0) is 5.92 Å². The van der Waals surface area contributed by atoms with Gasteiger partial charge in [-0.3, -0.25) is 14.5 Å². The van der Waals surface area contributed by atoms with Crippen molar-refractivity contribution < 1.29 is 19.5 Å². The Morgan fingerprint density at radius 3 is 2.67 bits per heavy atom. The first kappa shape index (κ1) is 11.5. The standard InChI is InChI=1S/C9H14N2O4/c1-2-6(3-8(13)14)5-11-7(12)4-10-9(11)15/h6H,2-5H2,1H3,(H,10,15)(H,13,14). The number of nitrogens with zero attached hydrogens (tertiary/aromatic N) is 1. The summed E-state index contributed by atoms with van der Waals surface area (Å²) < 4.78 is 0. The molecule has 0 aromatic heterocycles. The van der Waals surface area contributed by atoms with Crippen LogP contribution in [0.2, 0.25) is 0 Å². The smallest absolute Gasteiger partial charge is 0.324 e. The highest BCUT2D eigenvalue weighted by molar-refractivity contribution is 6.01. The maximum atomic E-state index is 11.2. The van der Waals surface area contributed by atoms with E-state index in [0.717, 1.165) is 4.90 Å². The number of aliphatic carboxylic acids is 1. The van der Waals surface area contributed by atoms with E-state index in [-0.39, 0.29) is 31.3 Å². The number of nitrogens with one attached hydrogen (secondary N) is 1. The Kier molecular flexibility index (Phi) is 3.65. The van der Waals surface area contributed by atoms with Crippen molar-refractivity contribution in [3.05, 3.63) is 0 Å². The molecule has 0 saturated carbocycles. The molecule has 2 N–H and O–H groups in total. The van der Waals surface area contributed by atoms with Gasteiger partial charge in [-0.15, -0.1) is 0 Å². The number of urea groups is 1. The summed E-state index contributed by atoms with van der Waals surface area (Å²) in [5.41, 5.74) is 0. The summed E-state index contributed by atoms with van der Waals surface area (Å²) in [6.07, 6.45) is 0.608. The number of hydrogen-bond donors (Lipinski definition) is 2. The van der Waals surface area contributed by atoms with Crippen molar-refractivity contribution >= 4 is 17.9 Å². The third kappa shape index (κ3) is 2.93. The molecule has 0 radical (unpaired) electrons. The van der Waals surface area contributed by atoms with Crippen LogP contribution in [0, 0.1) is 5.92 Å². The van der Waals surface area contributed by atoms with E-state index < -0.39 is 12.0 Å². The predicted octanol–water partition coefficient (Wildman–Crippen LogP) is 0.0391. The molecule has 0 aromatic rings. The highest BCUT2D eigenvalue weighted by Crippen LogP contribution is 2.12. The second-order valence-corrected chi connectivity index (χ2v) is 3.54. The van der Waals surface area contributed by atoms with E-state index in [1.165, 1.54) is 0 Å². The number of carbonyl (C=O) groups is 3. The quantitative estimate of drug-likeness (QED) is 0.632. The molecule has 1 rings (SSSR count). The summed E-state index contributed by atoms with van der Waals surface area (Å²) in [5.74, 6) is -1.37. The van der Waals surface area contributed by atoms with Gasteiger partial charge >= 0.3 is 12.0 Å². The van der Waals surface area contributed by atoms with Crippen LogP contribution < -0.4 is 5.32 Å². The second-order valence-electron chi connectivity index (χ2n) is 3.54. The normalized spacial score (nSPS) is 17.8. The number of imide groups is 1. The van der Waals surface area contributed by atoms with Gasteiger partial charge in [0.05, 0.1) is 6.54 Å². The maximum absolute atomic E-state index is 11.2. The SMILES string of the molecule is CCC(CC(=O)O)CN1C(=O)CNC1=O. The monoisotopic (exact) mass is 214 g/mol. The van der Waals surface area contributed by atoms with E-state index >= 15 is 0 Å². The first-order valence-electron chi connectivity index (χ1n) is 4.84. The van der Waals surface area contributed by atoms with Crippen LogP contribution in [0.4, 0.5) is 4.79 Å². The summed E-state index contributed by atoms with van der Waals surface area (Å²) in [4.78, 5) is 34.0. The van der Waals surface area contributed by atoms with Crippen LogP contribution in [-0.4, -0.2) is 41.0 Å². The van der Waals surface area contributed by atoms with Crippen molar-refractivity contribution in [2.75, 3.05) is 13.1 Å². The molecule has 0 spiro atoms. The zero-order valence-corrected chi connectivity index (χ0v) is 8.52. The fourth-order valence-electron chi connectivity index (χ4n) is 1.48. The van der Waals surface area contributed by atoms with E-state index in [4.69, 9.17) is 5.11 Å². The molecule has 84 valence electrons. The van der Waals surface area contributed by atoms with Crippen molar-refractivity contribution in [3.63, 3.8) is 0 Å². The first-order valence-corrected chi connectivity index (χ1v) is 4.84. The minimum absolute atomic E-state index is 0.0162. The third-order valence-electron chi connectivity index (χ3n) is 2.42. The number of carboxylic acids is 1. The zero-order chi connectivity index (χ0) is 11.4. The van der Waals surface area contributed by atoms with Gasteiger partial charge in [0, 0.05) is 13.0 Å². The number of carboxylic acid groups (broad SMARTS) is 1. The number of hydrogen-bond acceptors (Lipinski definition) is 3. The Morgan fingerprint density at radius 2 is 2.27 bits per heavy atom. The van der Waals surface area contributed by atoms with Gasteiger partial charge in [-0.2, -0.15) is 0 Å². The average molecular weight is 214 g/mol. The summed E-state index contributed by atoms with van der Waals surface area (Å²) in [6, 6.07) is -0.427. The highest BCUT2D eigenvalue weighted by atomic mass is 16.4. The fraction of sp³-hybridized carbons (Fsp3) is 0.667. The molecule has 1 fully saturated rings. The van der Waals surface area contributed by atoms with Gasteiger partial charge in [0.15, 0.2) is 0 Å². The van der Waals surface area contributed by atoms with Crippen molar-refractivity contribution in [3.8, 4) is 0 Å². The molecule has 1 atom stereocenters. The largest absolute Gasteiger partial charge is 0.481 e. The molecule has 0 aromatic carbocycles. The lowest BCUT2D eigenvalue weighted by Gasteiger charge is -2.18. The topological polar surface area (TPSA) is 86.7 Å². The van der Waals surface area contributed by atoms with Crippen LogP contribution in [0.1, 0.15) is 19.8 Å². The van der Waals surface area contributed by atoms with Crippen molar-refractivity contribution in [1.82, 2.24) is 10.2 Å². The van der Waals surface area contributed by atoms with E-state index in [0.29, 0.717) is 6.42 Å². The van der Waals surface area contributed by atoms with Crippen LogP contribution in [0.15, 0.2) is 0 Å². The molecule has 15 heavy (non-hydrogen) atoms.